The van der Waals surface area contributed by atoms with Crippen LogP contribution in [0.15, 0.2) is 48.5 Å². The Morgan fingerprint density at radius 3 is 2.48 bits per heavy atom. The van der Waals surface area contributed by atoms with Gasteiger partial charge in [0.15, 0.2) is 0 Å². The summed E-state index contributed by atoms with van der Waals surface area (Å²) in [4.78, 5) is 40.4. The van der Waals surface area contributed by atoms with E-state index in [0.717, 1.165) is 16.9 Å². The molecule has 0 spiro atoms. The van der Waals surface area contributed by atoms with Crippen LogP contribution in [0.25, 0.3) is 0 Å². The van der Waals surface area contributed by atoms with Crippen molar-refractivity contribution in [3.05, 3.63) is 54.1 Å². The average Bonchev–Trinajstić information content (AvgIpc) is 2.91. The number of amides is 4. The molecule has 152 valence electrons. The van der Waals surface area contributed by atoms with Crippen LogP contribution in [0.3, 0.4) is 0 Å². The first kappa shape index (κ1) is 20.4. The van der Waals surface area contributed by atoms with Crippen LogP contribution in [0.2, 0.25) is 0 Å². The summed E-state index contributed by atoms with van der Waals surface area (Å²) in [5.41, 5.74) is 2.19. The first-order chi connectivity index (χ1) is 13.9. The third-order valence-corrected chi connectivity index (χ3v) is 4.68. The number of para-hydroxylation sites is 2. The molecule has 1 unspecified atom stereocenters. The van der Waals surface area contributed by atoms with E-state index in [1.807, 2.05) is 32.0 Å². The molecule has 0 saturated carbocycles. The summed E-state index contributed by atoms with van der Waals surface area (Å²) in [6, 6.07) is 13.2. The Labute approximate surface area is 170 Å². The van der Waals surface area contributed by atoms with E-state index in [9.17, 15) is 14.4 Å². The molecule has 7 heteroatoms. The number of benzene rings is 2. The second-order valence-electron chi connectivity index (χ2n) is 6.98. The lowest BCUT2D eigenvalue weighted by molar-refractivity contribution is -0.130. The molecule has 0 aliphatic carbocycles. The number of nitrogens with one attached hydrogen (secondary N) is 1. The topological polar surface area (TPSA) is 79.0 Å². The molecule has 0 aromatic heterocycles. The van der Waals surface area contributed by atoms with E-state index in [4.69, 9.17) is 4.74 Å². The van der Waals surface area contributed by atoms with E-state index in [1.54, 1.807) is 37.3 Å². The summed E-state index contributed by atoms with van der Waals surface area (Å²) >= 11 is 0. The second kappa shape index (κ2) is 8.77. The zero-order valence-electron chi connectivity index (χ0n) is 16.8. The average molecular weight is 395 g/mol. The highest BCUT2D eigenvalue weighted by Gasteiger charge is 2.44. The number of anilines is 2. The number of urea groups is 1. The van der Waals surface area contributed by atoms with Gasteiger partial charge in [-0.1, -0.05) is 36.8 Å². The van der Waals surface area contributed by atoms with Crippen molar-refractivity contribution >= 4 is 29.2 Å². The quantitative estimate of drug-likeness (QED) is 0.727. The Kier molecular flexibility index (Phi) is 6.16. The number of aryl methyl sites for hydroxylation is 1. The summed E-state index contributed by atoms with van der Waals surface area (Å²) in [5, 5.41) is 2.74. The van der Waals surface area contributed by atoms with Crippen molar-refractivity contribution in [1.82, 2.24) is 4.90 Å². The van der Waals surface area contributed by atoms with Gasteiger partial charge in [-0.3, -0.25) is 19.4 Å². The third-order valence-electron chi connectivity index (χ3n) is 4.68. The Morgan fingerprint density at radius 1 is 1.10 bits per heavy atom. The number of rotatable bonds is 7. The SMILES string of the molecule is CCCOc1ccccc1NC(=O)CN1C(=O)C(C)N(c2ccc(C)cc2)C1=O. The van der Waals surface area contributed by atoms with E-state index in [0.29, 0.717) is 23.7 Å². The summed E-state index contributed by atoms with van der Waals surface area (Å²) in [7, 11) is 0. The maximum Gasteiger partial charge on any atom is 0.332 e. The van der Waals surface area contributed by atoms with Crippen LogP contribution < -0.4 is 15.0 Å². The van der Waals surface area contributed by atoms with Crippen LogP contribution in [0.1, 0.15) is 25.8 Å². The third kappa shape index (κ3) is 4.39. The largest absolute Gasteiger partial charge is 0.491 e. The molecule has 29 heavy (non-hydrogen) atoms. The number of nitrogens with zero attached hydrogens (tertiary/aromatic N) is 2. The fraction of sp³-hybridized carbons (Fsp3) is 0.318. The maximum atomic E-state index is 12.8. The molecule has 4 amide bonds. The van der Waals surface area contributed by atoms with Crippen molar-refractivity contribution in [2.45, 2.75) is 33.2 Å². The fourth-order valence-electron chi connectivity index (χ4n) is 3.15. The molecule has 2 aromatic carbocycles. The van der Waals surface area contributed by atoms with Gasteiger partial charge in [0.05, 0.1) is 12.3 Å². The second-order valence-corrected chi connectivity index (χ2v) is 6.98. The molecule has 1 saturated heterocycles. The normalized spacial score (nSPS) is 16.3. The zero-order chi connectivity index (χ0) is 21.0. The minimum Gasteiger partial charge on any atom is -0.491 e. The van der Waals surface area contributed by atoms with E-state index >= 15 is 0 Å². The Bertz CT molecular complexity index is 911. The predicted molar refractivity (Wildman–Crippen MR) is 111 cm³/mol. The van der Waals surface area contributed by atoms with Crippen LogP contribution >= 0.6 is 0 Å². The standard InChI is InChI=1S/C22H25N3O4/c1-4-13-29-19-8-6-5-7-18(19)23-20(26)14-24-21(27)16(3)25(22(24)28)17-11-9-15(2)10-12-17/h5-12,16H,4,13-14H2,1-3H3,(H,23,26). The van der Waals surface area contributed by atoms with E-state index in [2.05, 4.69) is 5.32 Å². The van der Waals surface area contributed by atoms with Gasteiger partial charge in [0, 0.05) is 5.69 Å². The number of carbonyl (C=O) groups excluding carboxylic acids is 3. The lowest BCUT2D eigenvalue weighted by Crippen LogP contribution is -2.39. The van der Waals surface area contributed by atoms with Gasteiger partial charge in [-0.2, -0.15) is 0 Å². The Balaban J connectivity index is 1.71. The number of carbonyl (C=O) groups is 3. The van der Waals surface area contributed by atoms with Gasteiger partial charge in [0.25, 0.3) is 5.91 Å². The molecule has 1 aliphatic heterocycles. The highest BCUT2D eigenvalue weighted by atomic mass is 16.5. The van der Waals surface area contributed by atoms with Gasteiger partial charge in [-0.25, -0.2) is 4.79 Å². The number of hydrogen-bond donors (Lipinski definition) is 1. The van der Waals surface area contributed by atoms with Crippen LogP contribution in [0.4, 0.5) is 16.2 Å². The summed E-state index contributed by atoms with van der Waals surface area (Å²) in [5.74, 6) is -0.310. The summed E-state index contributed by atoms with van der Waals surface area (Å²) in [6.45, 7) is 5.77. The number of ether oxygens (including phenoxy) is 1. The van der Waals surface area contributed by atoms with Gasteiger partial charge in [0.2, 0.25) is 5.91 Å². The summed E-state index contributed by atoms with van der Waals surface area (Å²) < 4.78 is 5.63. The molecule has 0 bridgehead atoms. The van der Waals surface area contributed by atoms with Gasteiger partial charge in [-0.15, -0.1) is 0 Å². The smallest absolute Gasteiger partial charge is 0.332 e. The van der Waals surface area contributed by atoms with Crippen LogP contribution in [-0.2, 0) is 9.59 Å². The van der Waals surface area contributed by atoms with Gasteiger partial charge >= 0.3 is 6.03 Å². The highest BCUT2D eigenvalue weighted by molar-refractivity contribution is 6.16. The van der Waals surface area contributed by atoms with Crippen molar-refractivity contribution in [3.63, 3.8) is 0 Å². The fourth-order valence-corrected chi connectivity index (χ4v) is 3.15. The molecular weight excluding hydrogens is 370 g/mol. The van der Waals surface area contributed by atoms with Crippen LogP contribution in [0, 0.1) is 6.92 Å². The van der Waals surface area contributed by atoms with Gasteiger partial charge in [0.1, 0.15) is 18.3 Å². The van der Waals surface area contributed by atoms with E-state index in [-0.39, 0.29) is 6.54 Å². The lowest BCUT2D eigenvalue weighted by Gasteiger charge is -2.19. The van der Waals surface area contributed by atoms with Crippen LogP contribution in [0.5, 0.6) is 5.75 Å². The molecule has 1 fully saturated rings. The molecule has 2 aromatic rings. The monoisotopic (exact) mass is 395 g/mol. The molecule has 1 N–H and O–H groups in total. The van der Waals surface area contributed by atoms with Crippen molar-refractivity contribution in [3.8, 4) is 5.75 Å². The minimum absolute atomic E-state index is 0.355. The molecular formula is C22H25N3O4. The van der Waals surface area contributed by atoms with E-state index in [1.165, 1.54) is 4.90 Å². The van der Waals surface area contributed by atoms with Crippen molar-refractivity contribution in [2.75, 3.05) is 23.4 Å². The first-order valence-corrected chi connectivity index (χ1v) is 9.65. The lowest BCUT2D eigenvalue weighted by atomic mass is 10.2. The molecule has 7 nitrogen and oxygen atoms in total. The van der Waals surface area contributed by atoms with Gasteiger partial charge in [-0.05, 0) is 44.5 Å². The number of imide groups is 1. The summed E-state index contributed by atoms with van der Waals surface area (Å²) in [6.07, 6.45) is 0.839. The maximum absolute atomic E-state index is 12.8. The van der Waals surface area contributed by atoms with Gasteiger partial charge < -0.3 is 10.1 Å². The first-order valence-electron chi connectivity index (χ1n) is 9.65. The minimum atomic E-state index is -0.668. The number of hydrogen-bond acceptors (Lipinski definition) is 4. The van der Waals surface area contributed by atoms with Crippen molar-refractivity contribution < 1.29 is 19.1 Å². The van der Waals surface area contributed by atoms with E-state index < -0.39 is 23.9 Å². The van der Waals surface area contributed by atoms with Crippen LogP contribution in [-0.4, -0.2) is 41.9 Å². The molecule has 1 aliphatic rings. The molecule has 0 radical (unpaired) electrons. The Morgan fingerprint density at radius 2 is 1.79 bits per heavy atom. The predicted octanol–water partition coefficient (Wildman–Crippen LogP) is 3.58. The zero-order valence-corrected chi connectivity index (χ0v) is 16.8. The van der Waals surface area contributed by atoms with Crippen molar-refractivity contribution in [2.24, 2.45) is 0 Å². The molecule has 1 heterocycles. The Hall–Kier alpha value is -3.35. The molecule has 3 rings (SSSR count). The van der Waals surface area contributed by atoms with Crippen molar-refractivity contribution in [1.29, 1.82) is 0 Å². The highest BCUT2D eigenvalue weighted by Crippen LogP contribution is 2.27. The molecule has 1 atom stereocenters.